The highest BCUT2D eigenvalue weighted by molar-refractivity contribution is 5.78. The summed E-state index contributed by atoms with van der Waals surface area (Å²) >= 11 is 0. The van der Waals surface area contributed by atoms with Crippen molar-refractivity contribution in [3.05, 3.63) is 0 Å². The number of ether oxygens (including phenoxy) is 1. The third kappa shape index (κ3) is 1.94. The Morgan fingerprint density at radius 2 is 2.07 bits per heavy atom. The SMILES string of the molecule is CCOC(=O)[C@@](C)(C(C#N)C#N)C1CC1. The highest BCUT2D eigenvalue weighted by atomic mass is 16.5. The van der Waals surface area contributed by atoms with Gasteiger partial charge >= 0.3 is 5.97 Å². The average molecular weight is 206 g/mol. The Morgan fingerprint density at radius 1 is 1.53 bits per heavy atom. The smallest absolute Gasteiger partial charge is 0.314 e. The quantitative estimate of drug-likeness (QED) is 0.655. The molecule has 4 nitrogen and oxygen atoms in total. The topological polar surface area (TPSA) is 73.9 Å². The maximum Gasteiger partial charge on any atom is 0.314 e. The van der Waals surface area contributed by atoms with Crippen molar-refractivity contribution in [2.24, 2.45) is 17.3 Å². The molecule has 1 aliphatic carbocycles. The Balaban J connectivity index is 2.93. The third-order valence-electron chi connectivity index (χ3n) is 3.00. The molecule has 0 aromatic heterocycles. The van der Waals surface area contributed by atoms with Crippen LogP contribution in [0.1, 0.15) is 26.7 Å². The predicted molar refractivity (Wildman–Crippen MR) is 52.2 cm³/mol. The Morgan fingerprint density at radius 3 is 2.40 bits per heavy atom. The first kappa shape index (κ1) is 11.5. The highest BCUT2D eigenvalue weighted by Gasteiger charge is 2.54. The van der Waals surface area contributed by atoms with Crippen LogP contribution in [0.25, 0.3) is 0 Å². The van der Waals surface area contributed by atoms with Crippen molar-refractivity contribution in [2.75, 3.05) is 6.61 Å². The van der Waals surface area contributed by atoms with E-state index in [2.05, 4.69) is 0 Å². The molecule has 0 aromatic rings. The van der Waals surface area contributed by atoms with E-state index >= 15 is 0 Å². The second-order valence-corrected chi connectivity index (χ2v) is 3.97. The monoisotopic (exact) mass is 206 g/mol. The largest absolute Gasteiger partial charge is 0.466 e. The Bertz CT molecular complexity index is 321. The molecule has 0 radical (unpaired) electrons. The van der Waals surface area contributed by atoms with Gasteiger partial charge in [-0.3, -0.25) is 4.79 Å². The van der Waals surface area contributed by atoms with Gasteiger partial charge in [0.05, 0.1) is 24.2 Å². The van der Waals surface area contributed by atoms with Crippen LogP contribution < -0.4 is 0 Å². The van der Waals surface area contributed by atoms with Gasteiger partial charge in [0.15, 0.2) is 0 Å². The molecule has 1 fully saturated rings. The van der Waals surface area contributed by atoms with Crippen LogP contribution in [0.4, 0.5) is 0 Å². The Hall–Kier alpha value is -1.55. The molecule has 0 bridgehead atoms. The molecule has 0 N–H and O–H groups in total. The molecule has 0 spiro atoms. The van der Waals surface area contributed by atoms with E-state index in [0.717, 1.165) is 12.8 Å². The van der Waals surface area contributed by atoms with Crippen molar-refractivity contribution >= 4 is 5.97 Å². The summed E-state index contributed by atoms with van der Waals surface area (Å²) in [7, 11) is 0. The fraction of sp³-hybridized carbons (Fsp3) is 0.727. The summed E-state index contributed by atoms with van der Waals surface area (Å²) in [5, 5.41) is 17.8. The van der Waals surface area contributed by atoms with Crippen LogP contribution in [0.5, 0.6) is 0 Å². The number of hydrogen-bond donors (Lipinski definition) is 0. The fourth-order valence-electron chi connectivity index (χ4n) is 1.79. The van der Waals surface area contributed by atoms with Crippen molar-refractivity contribution in [3.8, 4) is 12.1 Å². The van der Waals surface area contributed by atoms with Gasteiger partial charge in [0, 0.05) is 0 Å². The van der Waals surface area contributed by atoms with Crippen LogP contribution in [-0.2, 0) is 9.53 Å². The molecular formula is C11H14N2O2. The Kier molecular flexibility index (Phi) is 3.31. The number of nitriles is 2. The number of rotatable bonds is 4. The van der Waals surface area contributed by atoms with E-state index in [1.807, 2.05) is 12.1 Å². The molecule has 1 aliphatic rings. The summed E-state index contributed by atoms with van der Waals surface area (Å²) in [5.41, 5.74) is -0.945. The molecule has 0 aromatic carbocycles. The number of carbonyl (C=O) groups is 1. The van der Waals surface area contributed by atoms with E-state index in [1.54, 1.807) is 13.8 Å². The van der Waals surface area contributed by atoms with Crippen LogP contribution in [0, 0.1) is 39.9 Å². The summed E-state index contributed by atoms with van der Waals surface area (Å²) in [4.78, 5) is 11.8. The lowest BCUT2D eigenvalue weighted by atomic mass is 9.74. The normalized spacial score (nSPS) is 18.7. The average Bonchev–Trinajstić information content (AvgIpc) is 3.03. The van der Waals surface area contributed by atoms with Crippen molar-refractivity contribution in [1.29, 1.82) is 10.5 Å². The van der Waals surface area contributed by atoms with Crippen molar-refractivity contribution < 1.29 is 9.53 Å². The zero-order valence-electron chi connectivity index (χ0n) is 8.99. The minimum Gasteiger partial charge on any atom is -0.466 e. The second-order valence-electron chi connectivity index (χ2n) is 3.97. The maximum absolute atomic E-state index is 11.8. The molecule has 0 aliphatic heterocycles. The molecule has 1 rings (SSSR count). The van der Waals surface area contributed by atoms with Crippen LogP contribution in [0.2, 0.25) is 0 Å². The van der Waals surface area contributed by atoms with Crippen molar-refractivity contribution in [1.82, 2.24) is 0 Å². The van der Waals surface area contributed by atoms with Gasteiger partial charge in [0.2, 0.25) is 0 Å². The highest BCUT2D eigenvalue weighted by Crippen LogP contribution is 2.50. The molecule has 0 saturated heterocycles. The van der Waals surface area contributed by atoms with Crippen LogP contribution >= 0.6 is 0 Å². The zero-order valence-corrected chi connectivity index (χ0v) is 8.99. The molecule has 1 atom stereocenters. The maximum atomic E-state index is 11.8. The van der Waals surface area contributed by atoms with E-state index in [1.165, 1.54) is 0 Å². The lowest BCUT2D eigenvalue weighted by Crippen LogP contribution is -2.38. The summed E-state index contributed by atoms with van der Waals surface area (Å²) in [6.07, 6.45) is 1.80. The summed E-state index contributed by atoms with van der Waals surface area (Å²) in [6, 6.07) is 3.78. The van der Waals surface area contributed by atoms with E-state index in [4.69, 9.17) is 15.3 Å². The van der Waals surface area contributed by atoms with Crippen molar-refractivity contribution in [2.45, 2.75) is 26.7 Å². The van der Waals surface area contributed by atoms with Gasteiger partial charge in [-0.05, 0) is 32.6 Å². The first-order valence-electron chi connectivity index (χ1n) is 5.07. The minimum absolute atomic E-state index is 0.126. The summed E-state index contributed by atoms with van der Waals surface area (Å²) < 4.78 is 4.95. The van der Waals surface area contributed by atoms with Crippen LogP contribution in [0.3, 0.4) is 0 Å². The minimum atomic E-state index is -0.945. The van der Waals surface area contributed by atoms with Crippen molar-refractivity contribution in [3.63, 3.8) is 0 Å². The standard InChI is InChI=1S/C11H14N2O2/c1-3-15-10(14)11(2,8-4-5-8)9(6-12)7-13/h8-9H,3-5H2,1-2H3/t11-/m1/s1. The lowest BCUT2D eigenvalue weighted by Gasteiger charge is -2.27. The molecule has 1 saturated carbocycles. The van der Waals surface area contributed by atoms with Gasteiger partial charge in [0.1, 0.15) is 5.92 Å². The molecule has 4 heteroatoms. The first-order valence-corrected chi connectivity index (χ1v) is 5.07. The molecule has 15 heavy (non-hydrogen) atoms. The fourth-order valence-corrected chi connectivity index (χ4v) is 1.79. The van der Waals surface area contributed by atoms with Gasteiger partial charge in [-0.1, -0.05) is 0 Å². The molecule has 80 valence electrons. The molecular weight excluding hydrogens is 192 g/mol. The molecule has 0 heterocycles. The Labute approximate surface area is 89.4 Å². The van der Waals surface area contributed by atoms with Gasteiger partial charge in [-0.2, -0.15) is 10.5 Å². The number of esters is 1. The van der Waals surface area contributed by atoms with Gasteiger partial charge in [0.25, 0.3) is 0 Å². The van der Waals surface area contributed by atoms with E-state index in [0.29, 0.717) is 0 Å². The number of carbonyl (C=O) groups excluding carboxylic acids is 1. The van der Waals surface area contributed by atoms with E-state index in [9.17, 15) is 4.79 Å². The molecule has 0 unspecified atom stereocenters. The zero-order chi connectivity index (χ0) is 11.5. The summed E-state index contributed by atoms with van der Waals surface area (Å²) in [5.74, 6) is -1.20. The van der Waals surface area contributed by atoms with Crippen LogP contribution in [-0.4, -0.2) is 12.6 Å². The number of hydrogen-bond acceptors (Lipinski definition) is 4. The van der Waals surface area contributed by atoms with E-state index < -0.39 is 17.3 Å². The summed E-state index contributed by atoms with van der Waals surface area (Å²) in [6.45, 7) is 3.67. The molecule has 0 amide bonds. The first-order chi connectivity index (χ1) is 7.11. The van der Waals surface area contributed by atoms with E-state index in [-0.39, 0.29) is 12.5 Å². The third-order valence-corrected chi connectivity index (χ3v) is 3.00. The van der Waals surface area contributed by atoms with Crippen LogP contribution in [0.15, 0.2) is 0 Å². The van der Waals surface area contributed by atoms with Gasteiger partial charge < -0.3 is 4.74 Å². The van der Waals surface area contributed by atoms with Gasteiger partial charge in [-0.15, -0.1) is 0 Å². The number of nitrogens with zero attached hydrogens (tertiary/aromatic N) is 2. The lowest BCUT2D eigenvalue weighted by molar-refractivity contribution is -0.157. The second kappa shape index (κ2) is 4.31. The van der Waals surface area contributed by atoms with Gasteiger partial charge in [-0.25, -0.2) is 0 Å². The predicted octanol–water partition coefficient (Wildman–Crippen LogP) is 1.63.